The second kappa shape index (κ2) is 9.22. The number of hydrogen-bond acceptors (Lipinski definition) is 4. The molecule has 2 aliphatic heterocycles. The maximum atomic E-state index is 13.9. The van der Waals surface area contributed by atoms with Crippen molar-refractivity contribution < 1.29 is 32.2 Å². The number of carbonyl (C=O) groups excluding carboxylic acids is 2. The molecule has 36 heavy (non-hydrogen) atoms. The molecule has 2 aliphatic rings. The van der Waals surface area contributed by atoms with E-state index in [1.54, 1.807) is 49.5 Å². The average Bonchev–Trinajstić information content (AvgIpc) is 3.36. The van der Waals surface area contributed by atoms with Gasteiger partial charge in [0.2, 0.25) is 5.91 Å². The van der Waals surface area contributed by atoms with Crippen LogP contribution in [0, 0.1) is 0 Å². The zero-order chi connectivity index (χ0) is 25.4. The maximum absolute atomic E-state index is 13.9. The summed E-state index contributed by atoms with van der Waals surface area (Å²) in [4.78, 5) is 24.6. The topological polar surface area (TPSA) is 67.9 Å². The summed E-state index contributed by atoms with van der Waals surface area (Å²) in [7, 11) is 1.67. The van der Waals surface area contributed by atoms with Gasteiger partial charge in [-0.1, -0.05) is 30.3 Å². The summed E-state index contributed by atoms with van der Waals surface area (Å²) in [5, 5.41) is 2.75. The number of rotatable bonds is 6. The second-order valence-electron chi connectivity index (χ2n) is 9.01. The molecule has 1 saturated heterocycles. The Hall–Kier alpha value is -4.01. The largest absolute Gasteiger partial charge is 0.457 e. The third kappa shape index (κ3) is 5.00. The molecule has 6 nitrogen and oxygen atoms in total. The minimum atomic E-state index is -4.60. The standard InChI is InChI=1S/C27H23F3N2O4/c1-32-20(15-35-26(32)34)12-16-2-6-21(7-3-16)36-24-9-5-18(13-22(24)27(28,29)30)10-17-4-8-23-19(11-17)14-25(33)31-23/h2-9,11,13,20H,10,12,14-15H2,1H3,(H,31,33). The van der Waals surface area contributed by atoms with Gasteiger partial charge in [-0.05, 0) is 65.4 Å². The molecule has 9 heteroatoms. The predicted molar refractivity (Wildman–Crippen MR) is 126 cm³/mol. The summed E-state index contributed by atoms with van der Waals surface area (Å²) >= 11 is 0. The number of ether oxygens (including phenoxy) is 2. The van der Waals surface area contributed by atoms with Gasteiger partial charge >= 0.3 is 12.3 Å². The molecular weight excluding hydrogens is 473 g/mol. The number of halogens is 3. The van der Waals surface area contributed by atoms with Crippen molar-refractivity contribution in [3.8, 4) is 11.5 Å². The highest BCUT2D eigenvalue weighted by Crippen LogP contribution is 2.39. The molecule has 0 spiro atoms. The minimum Gasteiger partial charge on any atom is -0.457 e. The van der Waals surface area contributed by atoms with Crippen LogP contribution in [0.4, 0.5) is 23.7 Å². The Morgan fingerprint density at radius 3 is 2.39 bits per heavy atom. The van der Waals surface area contributed by atoms with Gasteiger partial charge in [-0.25, -0.2) is 4.79 Å². The van der Waals surface area contributed by atoms with Gasteiger partial charge < -0.3 is 19.7 Å². The summed E-state index contributed by atoms with van der Waals surface area (Å²) < 4.78 is 52.3. The first-order chi connectivity index (χ1) is 17.2. The third-order valence-corrected chi connectivity index (χ3v) is 6.41. The molecule has 1 atom stereocenters. The molecule has 3 aromatic rings. The van der Waals surface area contributed by atoms with Gasteiger partial charge in [0.1, 0.15) is 18.1 Å². The lowest BCUT2D eigenvalue weighted by atomic mass is 9.99. The summed E-state index contributed by atoms with van der Waals surface area (Å²) in [6, 6.07) is 16.1. The van der Waals surface area contributed by atoms with Crippen LogP contribution in [0.1, 0.15) is 27.8 Å². The summed E-state index contributed by atoms with van der Waals surface area (Å²) in [5.74, 6) is -0.0943. The molecule has 2 amide bonds. The van der Waals surface area contributed by atoms with Crippen molar-refractivity contribution in [1.82, 2.24) is 4.90 Å². The fraction of sp³-hybridized carbons (Fsp3) is 0.259. The number of hydrogen-bond donors (Lipinski definition) is 1. The van der Waals surface area contributed by atoms with E-state index in [4.69, 9.17) is 9.47 Å². The molecule has 186 valence electrons. The Bertz CT molecular complexity index is 1320. The van der Waals surface area contributed by atoms with Crippen molar-refractivity contribution >= 4 is 17.7 Å². The SMILES string of the molecule is CN1C(=O)OCC1Cc1ccc(Oc2ccc(Cc3ccc4c(c3)CC(=O)N4)cc2C(F)(F)F)cc1. The highest BCUT2D eigenvalue weighted by molar-refractivity contribution is 5.99. The van der Waals surface area contributed by atoms with E-state index in [1.807, 2.05) is 6.07 Å². The fourth-order valence-corrected chi connectivity index (χ4v) is 4.44. The van der Waals surface area contributed by atoms with Crippen LogP contribution in [0.15, 0.2) is 60.7 Å². The van der Waals surface area contributed by atoms with E-state index in [9.17, 15) is 22.8 Å². The van der Waals surface area contributed by atoms with Crippen molar-refractivity contribution in [3.63, 3.8) is 0 Å². The van der Waals surface area contributed by atoms with Crippen LogP contribution in [0.2, 0.25) is 0 Å². The molecular formula is C27H23F3N2O4. The third-order valence-electron chi connectivity index (χ3n) is 6.41. The molecule has 1 unspecified atom stereocenters. The predicted octanol–water partition coefficient (Wildman–Crippen LogP) is 5.58. The molecule has 5 rings (SSSR count). The Morgan fingerprint density at radius 1 is 1.00 bits per heavy atom. The molecule has 1 fully saturated rings. The first-order valence-electron chi connectivity index (χ1n) is 11.4. The van der Waals surface area contributed by atoms with Crippen molar-refractivity contribution in [1.29, 1.82) is 0 Å². The van der Waals surface area contributed by atoms with Gasteiger partial charge in [0.05, 0.1) is 18.0 Å². The van der Waals surface area contributed by atoms with Crippen LogP contribution >= 0.6 is 0 Å². The highest BCUT2D eigenvalue weighted by Gasteiger charge is 2.35. The summed E-state index contributed by atoms with van der Waals surface area (Å²) in [5.41, 5.74) is 2.95. The van der Waals surface area contributed by atoms with Crippen LogP contribution in [0.25, 0.3) is 0 Å². The van der Waals surface area contributed by atoms with Crippen molar-refractivity contribution in [3.05, 3.63) is 88.5 Å². The number of fused-ring (bicyclic) bond motifs is 1. The number of anilines is 1. The van der Waals surface area contributed by atoms with E-state index in [0.717, 1.165) is 28.4 Å². The molecule has 3 aromatic carbocycles. The monoisotopic (exact) mass is 496 g/mol. The van der Waals surface area contributed by atoms with E-state index < -0.39 is 11.7 Å². The number of nitrogens with zero attached hydrogens (tertiary/aromatic N) is 1. The average molecular weight is 496 g/mol. The first kappa shape index (κ1) is 23.7. The van der Waals surface area contributed by atoms with Crippen LogP contribution in [-0.4, -0.2) is 36.6 Å². The van der Waals surface area contributed by atoms with E-state index in [2.05, 4.69) is 5.32 Å². The molecule has 0 bridgehead atoms. The van der Waals surface area contributed by atoms with Crippen LogP contribution in [-0.2, 0) is 35.0 Å². The Morgan fingerprint density at radius 2 is 1.69 bits per heavy atom. The quantitative estimate of drug-likeness (QED) is 0.484. The van der Waals surface area contributed by atoms with Crippen molar-refractivity contribution in [2.75, 3.05) is 19.0 Å². The molecule has 0 aliphatic carbocycles. The number of likely N-dealkylation sites (N-methyl/N-ethyl adjacent to an activating group) is 1. The molecule has 0 aromatic heterocycles. The van der Waals surface area contributed by atoms with Gasteiger partial charge in [-0.15, -0.1) is 0 Å². The number of nitrogens with one attached hydrogen (secondary N) is 1. The Kier molecular flexibility index (Phi) is 6.07. The van der Waals surface area contributed by atoms with Gasteiger partial charge in [0, 0.05) is 12.7 Å². The number of carbonyl (C=O) groups is 2. The Balaban J connectivity index is 1.31. The lowest BCUT2D eigenvalue weighted by Crippen LogP contribution is -2.30. The minimum absolute atomic E-state index is 0.0870. The van der Waals surface area contributed by atoms with Crippen LogP contribution in [0.3, 0.4) is 0 Å². The smallest absolute Gasteiger partial charge is 0.419 e. The van der Waals surface area contributed by atoms with Crippen molar-refractivity contribution in [2.24, 2.45) is 0 Å². The molecule has 0 saturated carbocycles. The van der Waals surface area contributed by atoms with E-state index in [1.165, 1.54) is 11.0 Å². The molecule has 1 N–H and O–H groups in total. The number of benzene rings is 3. The maximum Gasteiger partial charge on any atom is 0.419 e. The van der Waals surface area contributed by atoms with E-state index in [-0.39, 0.29) is 36.0 Å². The fourth-order valence-electron chi connectivity index (χ4n) is 4.44. The zero-order valence-electron chi connectivity index (χ0n) is 19.4. The van der Waals surface area contributed by atoms with E-state index >= 15 is 0 Å². The van der Waals surface area contributed by atoms with E-state index in [0.29, 0.717) is 25.0 Å². The van der Waals surface area contributed by atoms with Gasteiger partial charge in [0.25, 0.3) is 0 Å². The number of alkyl halides is 3. The van der Waals surface area contributed by atoms with Crippen molar-refractivity contribution in [2.45, 2.75) is 31.5 Å². The number of cyclic esters (lactones) is 1. The summed E-state index contributed by atoms with van der Waals surface area (Å²) in [6.07, 6.45) is -3.84. The lowest BCUT2D eigenvalue weighted by Gasteiger charge is -2.17. The van der Waals surface area contributed by atoms with Crippen LogP contribution < -0.4 is 10.1 Å². The van der Waals surface area contributed by atoms with Crippen LogP contribution in [0.5, 0.6) is 11.5 Å². The van der Waals surface area contributed by atoms with Gasteiger partial charge in [0.15, 0.2) is 0 Å². The second-order valence-corrected chi connectivity index (χ2v) is 9.01. The highest BCUT2D eigenvalue weighted by atomic mass is 19.4. The lowest BCUT2D eigenvalue weighted by molar-refractivity contribution is -0.138. The summed E-state index contributed by atoms with van der Waals surface area (Å²) in [6.45, 7) is 0.301. The van der Waals surface area contributed by atoms with Gasteiger partial charge in [-0.2, -0.15) is 13.2 Å². The Labute approximate surface area is 205 Å². The normalized spacial score (nSPS) is 17.1. The molecule has 2 heterocycles. The number of amides is 2. The zero-order valence-corrected chi connectivity index (χ0v) is 19.4. The van der Waals surface area contributed by atoms with Gasteiger partial charge in [-0.3, -0.25) is 4.79 Å². The molecule has 0 radical (unpaired) electrons. The first-order valence-corrected chi connectivity index (χ1v) is 11.4.